The Hall–Kier alpha value is -3.26. The second-order valence-corrected chi connectivity index (χ2v) is 4.68. The van der Waals surface area contributed by atoms with E-state index in [9.17, 15) is 15.2 Å². The predicted octanol–water partition coefficient (Wildman–Crippen LogP) is 3.34. The van der Waals surface area contributed by atoms with Crippen LogP contribution in [0, 0.1) is 11.3 Å². The SMILES string of the molecule is CCOc1cccc(NC(=O)/C(C#N)=C\c2ccc(O)cc2)c1. The normalized spacial score (nSPS) is 10.7. The number of phenolic OH excluding ortho intramolecular Hbond substituents is 1. The molecule has 5 heteroatoms. The summed E-state index contributed by atoms with van der Waals surface area (Å²) in [6, 6.07) is 15.1. The molecule has 0 radical (unpaired) electrons. The number of aromatic hydroxyl groups is 1. The summed E-state index contributed by atoms with van der Waals surface area (Å²) in [4.78, 5) is 12.2. The maximum atomic E-state index is 12.2. The molecule has 2 N–H and O–H groups in total. The van der Waals surface area contributed by atoms with Gasteiger partial charge in [-0.15, -0.1) is 0 Å². The smallest absolute Gasteiger partial charge is 0.266 e. The van der Waals surface area contributed by atoms with Crippen molar-refractivity contribution in [3.05, 3.63) is 59.7 Å². The van der Waals surface area contributed by atoms with Crippen LogP contribution in [-0.2, 0) is 4.79 Å². The fourth-order valence-electron chi connectivity index (χ4n) is 1.91. The zero-order chi connectivity index (χ0) is 16.7. The molecule has 0 heterocycles. The Morgan fingerprint density at radius 1 is 1.30 bits per heavy atom. The minimum atomic E-state index is -0.505. The number of phenols is 1. The van der Waals surface area contributed by atoms with E-state index in [1.54, 1.807) is 36.4 Å². The van der Waals surface area contributed by atoms with Gasteiger partial charge in [0.2, 0.25) is 0 Å². The summed E-state index contributed by atoms with van der Waals surface area (Å²) in [6.07, 6.45) is 1.46. The average Bonchev–Trinajstić information content (AvgIpc) is 2.55. The Bertz CT molecular complexity index is 759. The van der Waals surface area contributed by atoms with E-state index in [4.69, 9.17) is 4.74 Å². The highest BCUT2D eigenvalue weighted by molar-refractivity contribution is 6.09. The Kier molecular flexibility index (Phi) is 5.37. The molecule has 0 spiro atoms. The third kappa shape index (κ3) is 4.61. The van der Waals surface area contributed by atoms with Crippen molar-refractivity contribution in [3.8, 4) is 17.6 Å². The number of nitrogens with zero attached hydrogens (tertiary/aromatic N) is 1. The van der Waals surface area contributed by atoms with Gasteiger partial charge in [-0.25, -0.2) is 0 Å². The Morgan fingerprint density at radius 2 is 2.04 bits per heavy atom. The van der Waals surface area contributed by atoms with E-state index >= 15 is 0 Å². The molecule has 0 bridgehead atoms. The van der Waals surface area contributed by atoms with Crippen LogP contribution < -0.4 is 10.1 Å². The highest BCUT2D eigenvalue weighted by atomic mass is 16.5. The predicted molar refractivity (Wildman–Crippen MR) is 87.9 cm³/mol. The Morgan fingerprint density at radius 3 is 2.70 bits per heavy atom. The minimum Gasteiger partial charge on any atom is -0.508 e. The van der Waals surface area contributed by atoms with E-state index < -0.39 is 5.91 Å². The van der Waals surface area contributed by atoms with E-state index in [0.717, 1.165) is 0 Å². The molecule has 2 aromatic carbocycles. The summed E-state index contributed by atoms with van der Waals surface area (Å²) < 4.78 is 5.37. The van der Waals surface area contributed by atoms with Crippen LogP contribution in [0.4, 0.5) is 5.69 Å². The molecular formula is C18H16N2O3. The van der Waals surface area contributed by atoms with Crippen LogP contribution in [0.25, 0.3) is 6.08 Å². The molecule has 0 saturated carbocycles. The quantitative estimate of drug-likeness (QED) is 0.655. The van der Waals surface area contributed by atoms with Crippen molar-refractivity contribution in [2.24, 2.45) is 0 Å². The number of benzene rings is 2. The fraction of sp³-hybridized carbons (Fsp3) is 0.111. The molecule has 0 aliphatic heterocycles. The summed E-state index contributed by atoms with van der Waals surface area (Å²) in [5.41, 5.74) is 1.17. The zero-order valence-electron chi connectivity index (χ0n) is 12.6. The first-order valence-corrected chi connectivity index (χ1v) is 7.07. The molecule has 1 amide bonds. The average molecular weight is 308 g/mol. The number of carbonyl (C=O) groups excluding carboxylic acids is 1. The number of rotatable bonds is 5. The van der Waals surface area contributed by atoms with Crippen molar-refractivity contribution in [1.82, 2.24) is 0 Å². The number of nitrogens with one attached hydrogen (secondary N) is 1. The molecule has 0 atom stereocenters. The lowest BCUT2D eigenvalue weighted by Gasteiger charge is -2.07. The van der Waals surface area contributed by atoms with E-state index in [-0.39, 0.29) is 11.3 Å². The first kappa shape index (κ1) is 16.1. The Labute approximate surface area is 134 Å². The van der Waals surface area contributed by atoms with Gasteiger partial charge in [-0.3, -0.25) is 4.79 Å². The van der Waals surface area contributed by atoms with Crippen molar-refractivity contribution in [2.45, 2.75) is 6.92 Å². The third-order valence-corrected chi connectivity index (χ3v) is 2.97. The monoisotopic (exact) mass is 308 g/mol. The van der Waals surface area contributed by atoms with E-state index in [2.05, 4.69) is 5.32 Å². The van der Waals surface area contributed by atoms with E-state index in [0.29, 0.717) is 23.6 Å². The van der Waals surface area contributed by atoms with Gasteiger partial charge in [-0.05, 0) is 42.8 Å². The van der Waals surface area contributed by atoms with Gasteiger partial charge >= 0.3 is 0 Å². The van der Waals surface area contributed by atoms with Crippen LogP contribution >= 0.6 is 0 Å². The van der Waals surface area contributed by atoms with Gasteiger partial charge < -0.3 is 15.2 Å². The highest BCUT2D eigenvalue weighted by Crippen LogP contribution is 2.18. The standard InChI is InChI=1S/C18H16N2O3/c1-2-23-17-5-3-4-15(11-17)20-18(22)14(12-19)10-13-6-8-16(21)9-7-13/h3-11,21H,2H2,1H3,(H,20,22)/b14-10-. The van der Waals surface area contributed by atoms with Crippen LogP contribution in [-0.4, -0.2) is 17.6 Å². The zero-order valence-corrected chi connectivity index (χ0v) is 12.6. The van der Waals surface area contributed by atoms with Gasteiger partial charge in [0.25, 0.3) is 5.91 Å². The van der Waals surface area contributed by atoms with Crippen LogP contribution in [0.15, 0.2) is 54.1 Å². The molecule has 0 saturated heterocycles. The largest absolute Gasteiger partial charge is 0.508 e. The summed E-state index contributed by atoms with van der Waals surface area (Å²) in [5, 5.41) is 21.1. The maximum Gasteiger partial charge on any atom is 0.266 e. The molecule has 116 valence electrons. The minimum absolute atomic E-state index is 0.0301. The first-order valence-electron chi connectivity index (χ1n) is 7.07. The summed E-state index contributed by atoms with van der Waals surface area (Å²) in [6.45, 7) is 2.40. The van der Waals surface area contributed by atoms with Crippen LogP contribution in [0.1, 0.15) is 12.5 Å². The number of nitriles is 1. The van der Waals surface area contributed by atoms with Crippen molar-refractivity contribution in [3.63, 3.8) is 0 Å². The van der Waals surface area contributed by atoms with Crippen LogP contribution in [0.5, 0.6) is 11.5 Å². The molecule has 0 fully saturated rings. The van der Waals surface area contributed by atoms with Crippen molar-refractivity contribution in [1.29, 1.82) is 5.26 Å². The van der Waals surface area contributed by atoms with Gasteiger partial charge in [0.05, 0.1) is 6.61 Å². The number of anilines is 1. The van der Waals surface area contributed by atoms with Gasteiger partial charge in [-0.1, -0.05) is 18.2 Å². The number of carbonyl (C=O) groups is 1. The van der Waals surface area contributed by atoms with Crippen LogP contribution in [0.3, 0.4) is 0 Å². The van der Waals surface area contributed by atoms with Crippen molar-refractivity contribution in [2.75, 3.05) is 11.9 Å². The van der Waals surface area contributed by atoms with Gasteiger partial charge in [0.15, 0.2) is 0 Å². The molecule has 2 rings (SSSR count). The topological polar surface area (TPSA) is 82.3 Å². The first-order chi connectivity index (χ1) is 11.1. The molecule has 2 aromatic rings. The van der Waals surface area contributed by atoms with Gasteiger partial charge in [0.1, 0.15) is 23.1 Å². The van der Waals surface area contributed by atoms with Crippen LogP contribution in [0.2, 0.25) is 0 Å². The molecule has 0 aliphatic carbocycles. The molecular weight excluding hydrogens is 292 g/mol. The number of ether oxygens (including phenoxy) is 1. The molecule has 23 heavy (non-hydrogen) atoms. The molecule has 0 unspecified atom stereocenters. The lowest BCUT2D eigenvalue weighted by molar-refractivity contribution is -0.112. The lowest BCUT2D eigenvalue weighted by atomic mass is 10.1. The molecule has 0 aromatic heterocycles. The number of hydrogen-bond donors (Lipinski definition) is 2. The maximum absolute atomic E-state index is 12.2. The van der Waals surface area contributed by atoms with Crippen molar-refractivity contribution < 1.29 is 14.6 Å². The summed E-state index contributed by atoms with van der Waals surface area (Å²) in [7, 11) is 0. The fourth-order valence-corrected chi connectivity index (χ4v) is 1.91. The Balaban J connectivity index is 2.16. The van der Waals surface area contributed by atoms with E-state index in [1.165, 1.54) is 18.2 Å². The van der Waals surface area contributed by atoms with E-state index in [1.807, 2.05) is 13.0 Å². The number of amides is 1. The lowest BCUT2D eigenvalue weighted by Crippen LogP contribution is -2.13. The molecule has 5 nitrogen and oxygen atoms in total. The molecule has 0 aliphatic rings. The second-order valence-electron chi connectivity index (χ2n) is 4.68. The third-order valence-electron chi connectivity index (χ3n) is 2.97. The van der Waals surface area contributed by atoms with Gasteiger partial charge in [-0.2, -0.15) is 5.26 Å². The second kappa shape index (κ2) is 7.66. The number of hydrogen-bond acceptors (Lipinski definition) is 4. The summed E-state index contributed by atoms with van der Waals surface area (Å²) in [5.74, 6) is 0.262. The highest BCUT2D eigenvalue weighted by Gasteiger charge is 2.10. The van der Waals surface area contributed by atoms with Gasteiger partial charge in [0, 0.05) is 11.8 Å². The summed E-state index contributed by atoms with van der Waals surface area (Å²) >= 11 is 0. The van der Waals surface area contributed by atoms with Crippen molar-refractivity contribution >= 4 is 17.7 Å².